The van der Waals surface area contributed by atoms with E-state index in [-0.39, 0.29) is 18.4 Å². The predicted molar refractivity (Wildman–Crippen MR) is 95.0 cm³/mol. The SMILES string of the molecule is N#CC1(NC(=O)CNc2ccc(C(=O)N3CCCC3)cc2)CCCC1. The van der Waals surface area contributed by atoms with Crippen molar-refractivity contribution in [2.24, 2.45) is 0 Å². The first-order chi connectivity index (χ1) is 12.1. The Hall–Kier alpha value is -2.55. The minimum Gasteiger partial charge on any atom is -0.376 e. The van der Waals surface area contributed by atoms with E-state index in [1.54, 1.807) is 12.1 Å². The molecule has 1 aromatic carbocycles. The van der Waals surface area contributed by atoms with E-state index in [2.05, 4.69) is 16.7 Å². The van der Waals surface area contributed by atoms with Gasteiger partial charge in [0.1, 0.15) is 5.54 Å². The highest BCUT2D eigenvalue weighted by atomic mass is 16.2. The molecule has 1 saturated carbocycles. The molecule has 25 heavy (non-hydrogen) atoms. The van der Waals surface area contributed by atoms with Gasteiger partial charge in [-0.05, 0) is 62.8 Å². The van der Waals surface area contributed by atoms with Crippen LogP contribution in [0.3, 0.4) is 0 Å². The number of benzene rings is 1. The van der Waals surface area contributed by atoms with Gasteiger partial charge in [-0.1, -0.05) is 0 Å². The summed E-state index contributed by atoms with van der Waals surface area (Å²) in [6.45, 7) is 1.78. The summed E-state index contributed by atoms with van der Waals surface area (Å²) in [5.41, 5.74) is 0.766. The maximum Gasteiger partial charge on any atom is 0.253 e. The summed E-state index contributed by atoms with van der Waals surface area (Å²) in [6.07, 6.45) is 5.56. The van der Waals surface area contributed by atoms with Crippen LogP contribution in [0.5, 0.6) is 0 Å². The molecule has 1 aliphatic carbocycles. The molecule has 6 nitrogen and oxygen atoms in total. The standard InChI is InChI=1S/C19H24N4O2/c20-14-19(9-1-2-10-19)22-17(24)13-21-16-7-5-15(6-8-16)18(25)23-11-3-4-12-23/h5-8,21H,1-4,9-13H2,(H,22,24). The predicted octanol–water partition coefficient (Wildman–Crippen LogP) is 2.29. The summed E-state index contributed by atoms with van der Waals surface area (Å²) < 4.78 is 0. The van der Waals surface area contributed by atoms with Gasteiger partial charge >= 0.3 is 0 Å². The molecule has 3 rings (SSSR count). The highest BCUT2D eigenvalue weighted by Crippen LogP contribution is 2.28. The number of rotatable bonds is 5. The molecule has 1 saturated heterocycles. The maximum absolute atomic E-state index is 12.3. The van der Waals surface area contributed by atoms with Crippen LogP contribution in [0.2, 0.25) is 0 Å². The zero-order chi connectivity index (χ0) is 17.7. The fourth-order valence-corrected chi connectivity index (χ4v) is 3.57. The number of amides is 2. The van der Waals surface area contributed by atoms with E-state index in [4.69, 9.17) is 0 Å². The summed E-state index contributed by atoms with van der Waals surface area (Å²) in [7, 11) is 0. The van der Waals surface area contributed by atoms with E-state index in [9.17, 15) is 14.9 Å². The van der Waals surface area contributed by atoms with Gasteiger partial charge in [0, 0.05) is 24.3 Å². The third-order valence-electron chi connectivity index (χ3n) is 5.03. The Morgan fingerprint density at radius 3 is 2.32 bits per heavy atom. The number of carbonyl (C=O) groups excluding carboxylic acids is 2. The molecule has 1 aromatic rings. The number of nitriles is 1. The van der Waals surface area contributed by atoms with Crippen molar-refractivity contribution in [1.82, 2.24) is 10.2 Å². The Kier molecular flexibility index (Phi) is 5.22. The van der Waals surface area contributed by atoms with Crippen molar-refractivity contribution < 1.29 is 9.59 Å². The number of likely N-dealkylation sites (tertiary alicyclic amines) is 1. The summed E-state index contributed by atoms with van der Waals surface area (Å²) in [4.78, 5) is 26.3. The van der Waals surface area contributed by atoms with Crippen LogP contribution in [0.25, 0.3) is 0 Å². The van der Waals surface area contributed by atoms with Crippen molar-refractivity contribution in [1.29, 1.82) is 5.26 Å². The van der Waals surface area contributed by atoms with E-state index in [0.717, 1.165) is 57.3 Å². The van der Waals surface area contributed by atoms with Gasteiger partial charge in [-0.25, -0.2) is 0 Å². The summed E-state index contributed by atoms with van der Waals surface area (Å²) in [6, 6.07) is 9.45. The van der Waals surface area contributed by atoms with Crippen molar-refractivity contribution in [3.05, 3.63) is 29.8 Å². The van der Waals surface area contributed by atoms with E-state index in [0.29, 0.717) is 5.56 Å². The quantitative estimate of drug-likeness (QED) is 0.861. The van der Waals surface area contributed by atoms with Crippen LogP contribution in [-0.2, 0) is 4.79 Å². The van der Waals surface area contributed by atoms with Gasteiger partial charge in [0.15, 0.2) is 0 Å². The number of nitrogens with one attached hydrogen (secondary N) is 2. The summed E-state index contributed by atoms with van der Waals surface area (Å²) in [5.74, 6) is -0.111. The first-order valence-electron chi connectivity index (χ1n) is 8.97. The van der Waals surface area contributed by atoms with Gasteiger partial charge in [0.25, 0.3) is 5.91 Å². The second-order valence-electron chi connectivity index (χ2n) is 6.88. The molecule has 2 fully saturated rings. The van der Waals surface area contributed by atoms with Crippen LogP contribution in [-0.4, -0.2) is 41.9 Å². The Labute approximate surface area is 148 Å². The van der Waals surface area contributed by atoms with Crippen molar-refractivity contribution >= 4 is 17.5 Å². The molecule has 0 radical (unpaired) electrons. The largest absolute Gasteiger partial charge is 0.376 e. The van der Waals surface area contributed by atoms with Crippen molar-refractivity contribution in [3.63, 3.8) is 0 Å². The summed E-state index contributed by atoms with van der Waals surface area (Å²) in [5, 5.41) is 15.2. The molecule has 0 aromatic heterocycles. The molecule has 0 bridgehead atoms. The van der Waals surface area contributed by atoms with Gasteiger partial charge in [0.05, 0.1) is 12.6 Å². The first-order valence-corrected chi connectivity index (χ1v) is 8.97. The van der Waals surface area contributed by atoms with Crippen molar-refractivity contribution in [3.8, 4) is 6.07 Å². The molecule has 2 aliphatic rings. The number of hydrogen-bond donors (Lipinski definition) is 2. The zero-order valence-corrected chi connectivity index (χ0v) is 14.4. The normalized spacial score (nSPS) is 18.6. The Morgan fingerprint density at radius 1 is 1.08 bits per heavy atom. The van der Waals surface area contributed by atoms with Crippen molar-refractivity contribution in [2.75, 3.05) is 25.0 Å². The third-order valence-corrected chi connectivity index (χ3v) is 5.03. The lowest BCUT2D eigenvalue weighted by Gasteiger charge is -2.22. The van der Waals surface area contributed by atoms with Crippen LogP contribution in [0.1, 0.15) is 48.9 Å². The van der Waals surface area contributed by atoms with Crippen LogP contribution in [0.4, 0.5) is 5.69 Å². The topological polar surface area (TPSA) is 85.2 Å². The number of nitrogens with zero attached hydrogens (tertiary/aromatic N) is 2. The van der Waals surface area contributed by atoms with Crippen LogP contribution in [0.15, 0.2) is 24.3 Å². The van der Waals surface area contributed by atoms with E-state index < -0.39 is 5.54 Å². The van der Waals surface area contributed by atoms with Gasteiger partial charge in [0.2, 0.25) is 5.91 Å². The number of anilines is 1. The number of hydrogen-bond acceptors (Lipinski definition) is 4. The molecular formula is C19H24N4O2. The van der Waals surface area contributed by atoms with E-state index in [1.807, 2.05) is 17.0 Å². The molecule has 0 atom stereocenters. The fourth-order valence-electron chi connectivity index (χ4n) is 3.57. The molecular weight excluding hydrogens is 316 g/mol. The second-order valence-corrected chi connectivity index (χ2v) is 6.88. The lowest BCUT2D eigenvalue weighted by molar-refractivity contribution is -0.120. The molecule has 2 amide bonds. The average molecular weight is 340 g/mol. The van der Waals surface area contributed by atoms with Crippen molar-refractivity contribution in [2.45, 2.75) is 44.1 Å². The maximum atomic E-state index is 12.3. The lowest BCUT2D eigenvalue weighted by Crippen LogP contribution is -2.47. The minimum absolute atomic E-state index is 0.0685. The number of carbonyl (C=O) groups is 2. The molecule has 1 heterocycles. The Balaban J connectivity index is 1.51. The average Bonchev–Trinajstić information content (AvgIpc) is 3.32. The Morgan fingerprint density at radius 2 is 1.72 bits per heavy atom. The molecule has 2 N–H and O–H groups in total. The highest BCUT2D eigenvalue weighted by molar-refractivity contribution is 5.94. The lowest BCUT2D eigenvalue weighted by atomic mass is 10.00. The molecule has 1 aliphatic heterocycles. The van der Waals surface area contributed by atoms with E-state index in [1.165, 1.54) is 0 Å². The second kappa shape index (κ2) is 7.56. The zero-order valence-electron chi connectivity index (χ0n) is 14.4. The monoisotopic (exact) mass is 340 g/mol. The van der Waals surface area contributed by atoms with Gasteiger partial charge in [-0.15, -0.1) is 0 Å². The molecule has 6 heteroatoms. The van der Waals surface area contributed by atoms with Crippen LogP contribution in [0, 0.1) is 11.3 Å². The van der Waals surface area contributed by atoms with Gasteiger partial charge < -0.3 is 15.5 Å². The third kappa shape index (κ3) is 4.11. The molecule has 0 unspecified atom stereocenters. The van der Waals surface area contributed by atoms with Gasteiger partial charge in [-0.3, -0.25) is 9.59 Å². The molecule has 0 spiro atoms. The van der Waals surface area contributed by atoms with Crippen LogP contribution >= 0.6 is 0 Å². The highest BCUT2D eigenvalue weighted by Gasteiger charge is 2.35. The van der Waals surface area contributed by atoms with Gasteiger partial charge in [-0.2, -0.15) is 5.26 Å². The summed E-state index contributed by atoms with van der Waals surface area (Å²) >= 11 is 0. The smallest absolute Gasteiger partial charge is 0.253 e. The molecule has 132 valence electrons. The fraction of sp³-hybridized carbons (Fsp3) is 0.526. The van der Waals surface area contributed by atoms with Crippen LogP contribution < -0.4 is 10.6 Å². The Bertz CT molecular complexity index is 666. The van der Waals surface area contributed by atoms with E-state index >= 15 is 0 Å². The minimum atomic E-state index is -0.690. The first kappa shape index (κ1) is 17.3.